The number of carbonyl (C=O) groups excluding carboxylic acids is 1. The average Bonchev–Trinajstić information content (AvgIpc) is 3.32. The van der Waals surface area contributed by atoms with Gasteiger partial charge in [-0.1, -0.05) is 75.4 Å². The molecule has 0 saturated heterocycles. The molecule has 1 radical (unpaired) electrons. The summed E-state index contributed by atoms with van der Waals surface area (Å²) in [4.78, 5) is 14.7. The Morgan fingerprint density at radius 2 is 1.59 bits per heavy atom. The van der Waals surface area contributed by atoms with Crippen molar-refractivity contribution in [3.05, 3.63) is 115 Å². The Balaban J connectivity index is 0.000000468. The van der Waals surface area contributed by atoms with Gasteiger partial charge in [0.15, 0.2) is 5.78 Å². The van der Waals surface area contributed by atoms with E-state index in [1.165, 1.54) is 31.1 Å². The van der Waals surface area contributed by atoms with Crippen molar-refractivity contribution in [1.82, 2.24) is 4.98 Å². The van der Waals surface area contributed by atoms with Gasteiger partial charge < -0.3 is 14.5 Å². The van der Waals surface area contributed by atoms with E-state index in [-0.39, 0.29) is 37.1 Å². The Hall–Kier alpha value is -3.79. The maximum absolute atomic E-state index is 10.0. The van der Waals surface area contributed by atoms with Gasteiger partial charge in [0, 0.05) is 43.3 Å². The number of hydrogen-bond acceptors (Lipinski definition) is 4. The number of hydrogen-bond donors (Lipinski definition) is 1. The molecule has 5 heteroatoms. The number of ketones is 1. The van der Waals surface area contributed by atoms with Gasteiger partial charge in [-0.3, -0.25) is 4.79 Å². The van der Waals surface area contributed by atoms with E-state index in [9.17, 15) is 4.79 Å². The molecule has 3 aromatic carbocycles. The molecular formula is C34H32IrNO3-. The first-order chi connectivity index (χ1) is 18.1. The molecule has 1 N–H and O–H groups in total. The van der Waals surface area contributed by atoms with Crippen molar-refractivity contribution < 1.29 is 34.4 Å². The van der Waals surface area contributed by atoms with Gasteiger partial charge in [-0.2, -0.15) is 0 Å². The molecule has 0 aliphatic heterocycles. The summed E-state index contributed by atoms with van der Waals surface area (Å²) < 4.78 is 6.20. The molecule has 0 aliphatic rings. The van der Waals surface area contributed by atoms with Gasteiger partial charge in [-0.25, -0.2) is 0 Å². The summed E-state index contributed by atoms with van der Waals surface area (Å²) in [6, 6.07) is 32.5. The van der Waals surface area contributed by atoms with Crippen LogP contribution in [0, 0.1) is 6.07 Å². The van der Waals surface area contributed by atoms with E-state index in [1.807, 2.05) is 24.4 Å². The molecule has 2 heterocycles. The van der Waals surface area contributed by atoms with Gasteiger partial charge in [0.05, 0.1) is 5.76 Å². The van der Waals surface area contributed by atoms with E-state index in [1.54, 1.807) is 0 Å². The van der Waals surface area contributed by atoms with Gasteiger partial charge >= 0.3 is 0 Å². The zero-order valence-electron chi connectivity index (χ0n) is 22.8. The van der Waals surface area contributed by atoms with Crippen LogP contribution in [-0.2, 0) is 30.3 Å². The van der Waals surface area contributed by atoms with E-state index in [0.717, 1.165) is 39.1 Å². The summed E-state index contributed by atoms with van der Waals surface area (Å²) in [6.07, 6.45) is 3.05. The van der Waals surface area contributed by atoms with Crippen molar-refractivity contribution in [1.29, 1.82) is 0 Å². The van der Waals surface area contributed by atoms with Crippen LogP contribution < -0.4 is 0 Å². The largest absolute Gasteiger partial charge is 0.512 e. The monoisotopic (exact) mass is 695 g/mol. The standard InChI is InChI=1S/C29H24NO.C5H8O2.Ir/c1-29(2,3)25-14-12-21(13-15-25)27-17-24-19-30-26(18-28(24)31-27)23-11-7-10-22(16-23)20-8-5-4-6-9-20;1-4(6)3-5(2)7;/h4-10,12-19H,1-3H3;3,6H,1-2H3;/q-1;;/b;4-3-;. The number of aromatic nitrogens is 1. The third-order valence-electron chi connectivity index (χ3n) is 6.03. The molecule has 39 heavy (non-hydrogen) atoms. The number of aliphatic hydroxyl groups is 1. The zero-order chi connectivity index (χ0) is 27.3. The molecule has 5 aromatic rings. The van der Waals surface area contributed by atoms with Gasteiger partial charge in [-0.05, 0) is 48.2 Å². The van der Waals surface area contributed by atoms with Crippen LogP contribution in [0.2, 0.25) is 0 Å². The molecule has 0 unspecified atom stereocenters. The molecule has 4 nitrogen and oxygen atoms in total. The van der Waals surface area contributed by atoms with Crippen molar-refractivity contribution >= 4 is 16.8 Å². The summed E-state index contributed by atoms with van der Waals surface area (Å²) >= 11 is 0. The van der Waals surface area contributed by atoms with E-state index >= 15 is 0 Å². The van der Waals surface area contributed by atoms with E-state index < -0.39 is 0 Å². The van der Waals surface area contributed by atoms with Crippen molar-refractivity contribution in [2.75, 3.05) is 0 Å². The smallest absolute Gasteiger partial charge is 0.155 e. The van der Waals surface area contributed by atoms with Gasteiger partial charge in [0.2, 0.25) is 0 Å². The summed E-state index contributed by atoms with van der Waals surface area (Å²) in [5.74, 6) is 0.795. The minimum atomic E-state index is -0.125. The normalized spacial score (nSPS) is 11.4. The summed E-state index contributed by atoms with van der Waals surface area (Å²) in [5, 5.41) is 9.36. The molecule has 201 valence electrons. The summed E-state index contributed by atoms with van der Waals surface area (Å²) in [6.45, 7) is 9.52. The van der Waals surface area contributed by atoms with E-state index in [4.69, 9.17) is 9.52 Å². The van der Waals surface area contributed by atoms with Crippen LogP contribution >= 0.6 is 0 Å². The third kappa shape index (κ3) is 7.86. The predicted octanol–water partition coefficient (Wildman–Crippen LogP) is 8.96. The second-order valence-corrected chi connectivity index (χ2v) is 10.3. The van der Waals surface area contributed by atoms with E-state index in [0.29, 0.717) is 0 Å². The molecule has 0 bridgehead atoms. The topological polar surface area (TPSA) is 63.3 Å². The Morgan fingerprint density at radius 1 is 0.897 bits per heavy atom. The number of fused-ring (bicyclic) bond motifs is 1. The SMILES string of the molecule is CC(=O)/C=C(/C)O.CC(C)(C)c1ccc(-c2cc3cnc(-c4[c-]ccc(-c5ccccc5)c4)cc3o2)cc1.[Ir]. The van der Waals surface area contributed by atoms with E-state index in [2.05, 4.69) is 98.6 Å². The van der Waals surface area contributed by atoms with Gasteiger partial charge in [-0.15, -0.1) is 35.4 Å². The van der Waals surface area contributed by atoms with Crippen LogP contribution in [0.5, 0.6) is 0 Å². The second kappa shape index (κ2) is 12.8. The Kier molecular flexibility index (Phi) is 9.80. The minimum absolute atomic E-state index is 0. The van der Waals surface area contributed by atoms with Crippen LogP contribution in [0.3, 0.4) is 0 Å². The van der Waals surface area contributed by atoms with Crippen molar-refractivity contribution in [3.8, 4) is 33.7 Å². The quantitative estimate of drug-likeness (QED) is 0.116. The number of furan rings is 1. The van der Waals surface area contributed by atoms with Crippen LogP contribution in [0.25, 0.3) is 44.7 Å². The minimum Gasteiger partial charge on any atom is -0.512 e. The molecule has 0 spiro atoms. The maximum atomic E-state index is 10.0. The second-order valence-electron chi connectivity index (χ2n) is 10.3. The molecule has 0 saturated carbocycles. The number of aliphatic hydroxyl groups excluding tert-OH is 1. The van der Waals surface area contributed by atoms with Gasteiger partial charge in [0.25, 0.3) is 0 Å². The van der Waals surface area contributed by atoms with Crippen LogP contribution in [-0.4, -0.2) is 15.9 Å². The molecule has 2 aromatic heterocycles. The Morgan fingerprint density at radius 3 is 2.18 bits per heavy atom. The third-order valence-corrected chi connectivity index (χ3v) is 6.03. The molecule has 0 amide bonds. The maximum Gasteiger partial charge on any atom is 0.155 e. The number of rotatable bonds is 4. The van der Waals surface area contributed by atoms with Crippen LogP contribution in [0.4, 0.5) is 0 Å². The zero-order valence-corrected chi connectivity index (χ0v) is 25.2. The van der Waals surface area contributed by atoms with Crippen molar-refractivity contribution in [3.63, 3.8) is 0 Å². The number of pyridine rings is 1. The molecular weight excluding hydrogens is 663 g/mol. The number of allylic oxidation sites excluding steroid dienone is 2. The predicted molar refractivity (Wildman–Crippen MR) is 155 cm³/mol. The fourth-order valence-corrected chi connectivity index (χ4v) is 4.08. The number of nitrogens with zero attached hydrogens (tertiary/aromatic N) is 1. The number of carbonyl (C=O) groups is 1. The average molecular weight is 695 g/mol. The first-order valence-electron chi connectivity index (χ1n) is 12.6. The van der Waals surface area contributed by atoms with Crippen LogP contribution in [0.15, 0.2) is 107 Å². The van der Waals surface area contributed by atoms with Crippen molar-refractivity contribution in [2.45, 2.75) is 40.0 Å². The fourth-order valence-electron chi connectivity index (χ4n) is 4.08. The number of benzene rings is 3. The Bertz CT molecular complexity index is 1570. The van der Waals surface area contributed by atoms with Crippen LogP contribution in [0.1, 0.15) is 40.2 Å². The summed E-state index contributed by atoms with van der Waals surface area (Å²) in [7, 11) is 0. The Labute approximate surface area is 243 Å². The van der Waals surface area contributed by atoms with Crippen molar-refractivity contribution in [2.24, 2.45) is 0 Å². The summed E-state index contributed by atoms with van der Waals surface area (Å²) in [5.41, 5.74) is 7.49. The first kappa shape index (κ1) is 29.8. The van der Waals surface area contributed by atoms with Gasteiger partial charge in [0.1, 0.15) is 11.3 Å². The fraction of sp³-hybridized carbons (Fsp3) is 0.176. The first-order valence-corrected chi connectivity index (χ1v) is 12.6. The molecule has 0 fully saturated rings. The molecule has 0 atom stereocenters. The molecule has 5 rings (SSSR count). The molecule has 0 aliphatic carbocycles.